The first-order valence-corrected chi connectivity index (χ1v) is 5.13. The molecule has 1 amide bonds. The lowest BCUT2D eigenvalue weighted by Crippen LogP contribution is -2.12. The van der Waals surface area contributed by atoms with E-state index < -0.39 is 0 Å². The maximum absolute atomic E-state index is 11.1. The van der Waals surface area contributed by atoms with Crippen LogP contribution in [0.2, 0.25) is 0 Å². The van der Waals surface area contributed by atoms with E-state index in [1.54, 1.807) is 7.11 Å². The van der Waals surface area contributed by atoms with Gasteiger partial charge in [-0.3, -0.25) is 4.79 Å². The highest BCUT2D eigenvalue weighted by molar-refractivity contribution is 6.29. The van der Waals surface area contributed by atoms with Crippen LogP contribution in [0.1, 0.15) is 11.1 Å². The highest BCUT2D eigenvalue weighted by atomic mass is 35.5. The first kappa shape index (κ1) is 11.9. The van der Waals surface area contributed by atoms with Crippen molar-refractivity contribution in [3.05, 3.63) is 23.3 Å². The lowest BCUT2D eigenvalue weighted by Gasteiger charge is -2.11. The molecule has 15 heavy (non-hydrogen) atoms. The fourth-order valence-electron chi connectivity index (χ4n) is 1.54. The number of carbonyl (C=O) groups excluding carboxylic acids is 1. The standard InChI is InChI=1S/C11H14ClNO2/c1-7-4-9(13-10(14)6-12)5-8(2)11(7)15-3/h4-5H,6H2,1-3H3,(H,13,14). The number of benzene rings is 1. The molecule has 0 fully saturated rings. The van der Waals surface area contributed by atoms with Gasteiger partial charge in [-0.2, -0.15) is 0 Å². The summed E-state index contributed by atoms with van der Waals surface area (Å²) < 4.78 is 5.22. The average molecular weight is 228 g/mol. The number of aryl methyl sites for hydroxylation is 2. The van der Waals surface area contributed by atoms with E-state index in [1.807, 2.05) is 26.0 Å². The predicted molar refractivity (Wildman–Crippen MR) is 61.8 cm³/mol. The van der Waals surface area contributed by atoms with Crippen molar-refractivity contribution in [1.29, 1.82) is 0 Å². The Hall–Kier alpha value is -1.22. The van der Waals surface area contributed by atoms with Gasteiger partial charge in [0.1, 0.15) is 11.6 Å². The molecule has 0 spiro atoms. The van der Waals surface area contributed by atoms with Crippen LogP contribution in [-0.2, 0) is 4.79 Å². The van der Waals surface area contributed by atoms with Gasteiger partial charge in [0.2, 0.25) is 5.91 Å². The van der Waals surface area contributed by atoms with Gasteiger partial charge in [0.25, 0.3) is 0 Å². The Morgan fingerprint density at radius 2 is 1.93 bits per heavy atom. The van der Waals surface area contributed by atoms with E-state index in [2.05, 4.69) is 5.32 Å². The Bertz CT molecular complexity index is 354. The fraction of sp³-hybridized carbons (Fsp3) is 0.364. The molecule has 3 nitrogen and oxygen atoms in total. The summed E-state index contributed by atoms with van der Waals surface area (Å²) >= 11 is 5.40. The van der Waals surface area contributed by atoms with Crippen molar-refractivity contribution in [2.45, 2.75) is 13.8 Å². The molecular formula is C11H14ClNO2. The molecule has 1 aromatic carbocycles. The summed E-state index contributed by atoms with van der Waals surface area (Å²) in [6.45, 7) is 3.87. The van der Waals surface area contributed by atoms with Gasteiger partial charge in [-0.05, 0) is 37.1 Å². The molecule has 1 N–H and O–H groups in total. The number of amides is 1. The second kappa shape index (κ2) is 5.03. The Morgan fingerprint density at radius 3 is 2.33 bits per heavy atom. The molecule has 82 valence electrons. The van der Waals surface area contributed by atoms with Crippen molar-refractivity contribution in [3.8, 4) is 5.75 Å². The van der Waals surface area contributed by atoms with E-state index in [9.17, 15) is 4.79 Å². The number of carbonyl (C=O) groups is 1. The van der Waals surface area contributed by atoms with Crippen LogP contribution in [0, 0.1) is 13.8 Å². The normalized spacial score (nSPS) is 9.87. The SMILES string of the molecule is COc1c(C)cc(NC(=O)CCl)cc1C. The first-order chi connectivity index (χ1) is 7.08. The van der Waals surface area contributed by atoms with Crippen LogP contribution in [0.5, 0.6) is 5.75 Å². The van der Waals surface area contributed by atoms with E-state index in [1.165, 1.54) is 0 Å². The molecular weight excluding hydrogens is 214 g/mol. The van der Waals surface area contributed by atoms with E-state index in [0.29, 0.717) is 0 Å². The van der Waals surface area contributed by atoms with Gasteiger partial charge >= 0.3 is 0 Å². The summed E-state index contributed by atoms with van der Waals surface area (Å²) in [4.78, 5) is 11.1. The molecule has 0 atom stereocenters. The maximum atomic E-state index is 11.1. The van der Waals surface area contributed by atoms with Crippen LogP contribution in [0.4, 0.5) is 5.69 Å². The number of methoxy groups -OCH3 is 1. The lowest BCUT2D eigenvalue weighted by atomic mass is 10.1. The topological polar surface area (TPSA) is 38.3 Å². The minimum atomic E-state index is -0.208. The molecule has 0 radical (unpaired) electrons. The average Bonchev–Trinajstić information content (AvgIpc) is 2.17. The van der Waals surface area contributed by atoms with Gasteiger partial charge in [-0.15, -0.1) is 11.6 Å². The monoisotopic (exact) mass is 227 g/mol. The maximum Gasteiger partial charge on any atom is 0.239 e. The third-order valence-electron chi connectivity index (χ3n) is 2.07. The minimum Gasteiger partial charge on any atom is -0.496 e. The van der Waals surface area contributed by atoms with E-state index in [-0.39, 0.29) is 11.8 Å². The van der Waals surface area contributed by atoms with Crippen LogP contribution in [-0.4, -0.2) is 18.9 Å². The Morgan fingerprint density at radius 1 is 1.40 bits per heavy atom. The quantitative estimate of drug-likeness (QED) is 0.806. The summed E-state index contributed by atoms with van der Waals surface area (Å²) in [5.74, 6) is 0.601. The van der Waals surface area contributed by atoms with Crippen LogP contribution >= 0.6 is 11.6 Å². The zero-order valence-electron chi connectivity index (χ0n) is 9.06. The molecule has 1 aromatic rings. The minimum absolute atomic E-state index is 0.0376. The largest absolute Gasteiger partial charge is 0.496 e. The molecule has 0 unspecified atom stereocenters. The van der Waals surface area contributed by atoms with Gasteiger partial charge in [-0.1, -0.05) is 0 Å². The third-order valence-corrected chi connectivity index (χ3v) is 2.31. The van der Waals surface area contributed by atoms with Crippen molar-refractivity contribution in [2.75, 3.05) is 18.3 Å². The number of anilines is 1. The molecule has 0 aliphatic rings. The van der Waals surface area contributed by atoms with Gasteiger partial charge < -0.3 is 10.1 Å². The van der Waals surface area contributed by atoms with E-state index in [4.69, 9.17) is 16.3 Å². The summed E-state index contributed by atoms with van der Waals surface area (Å²) in [5, 5.41) is 2.70. The van der Waals surface area contributed by atoms with Crippen molar-refractivity contribution >= 4 is 23.2 Å². The smallest absolute Gasteiger partial charge is 0.239 e. The third kappa shape index (κ3) is 2.86. The predicted octanol–water partition coefficient (Wildman–Crippen LogP) is 2.49. The zero-order valence-corrected chi connectivity index (χ0v) is 9.81. The van der Waals surface area contributed by atoms with Gasteiger partial charge in [-0.25, -0.2) is 0 Å². The first-order valence-electron chi connectivity index (χ1n) is 4.59. The van der Waals surface area contributed by atoms with Gasteiger partial charge in [0.15, 0.2) is 0 Å². The lowest BCUT2D eigenvalue weighted by molar-refractivity contribution is -0.113. The van der Waals surface area contributed by atoms with Crippen molar-refractivity contribution in [2.24, 2.45) is 0 Å². The molecule has 0 saturated carbocycles. The van der Waals surface area contributed by atoms with Crippen LogP contribution in [0.15, 0.2) is 12.1 Å². The highest BCUT2D eigenvalue weighted by Crippen LogP contribution is 2.26. The summed E-state index contributed by atoms with van der Waals surface area (Å²) in [6, 6.07) is 3.71. The van der Waals surface area contributed by atoms with E-state index in [0.717, 1.165) is 22.6 Å². The number of alkyl halides is 1. The van der Waals surface area contributed by atoms with Crippen LogP contribution in [0.25, 0.3) is 0 Å². The summed E-state index contributed by atoms with van der Waals surface area (Å²) in [6.07, 6.45) is 0. The van der Waals surface area contributed by atoms with E-state index >= 15 is 0 Å². The molecule has 0 aromatic heterocycles. The molecule has 0 aliphatic heterocycles. The summed E-state index contributed by atoms with van der Waals surface area (Å²) in [5.41, 5.74) is 2.72. The van der Waals surface area contributed by atoms with Crippen LogP contribution in [0.3, 0.4) is 0 Å². The number of rotatable bonds is 3. The highest BCUT2D eigenvalue weighted by Gasteiger charge is 2.06. The number of hydrogen-bond donors (Lipinski definition) is 1. The number of halogens is 1. The number of ether oxygens (including phenoxy) is 1. The Balaban J connectivity index is 2.98. The Labute approximate surface area is 94.4 Å². The molecule has 0 bridgehead atoms. The zero-order chi connectivity index (χ0) is 11.4. The number of hydrogen-bond acceptors (Lipinski definition) is 2. The molecule has 0 heterocycles. The van der Waals surface area contributed by atoms with Gasteiger partial charge in [0.05, 0.1) is 7.11 Å². The molecule has 1 rings (SSSR count). The van der Waals surface area contributed by atoms with Crippen LogP contribution < -0.4 is 10.1 Å². The molecule has 0 aliphatic carbocycles. The fourth-order valence-corrected chi connectivity index (χ4v) is 1.61. The second-order valence-electron chi connectivity index (χ2n) is 3.33. The molecule has 4 heteroatoms. The Kier molecular flexibility index (Phi) is 3.97. The molecule has 0 saturated heterocycles. The summed E-state index contributed by atoms with van der Waals surface area (Å²) in [7, 11) is 1.63. The number of nitrogens with one attached hydrogen (secondary N) is 1. The second-order valence-corrected chi connectivity index (χ2v) is 3.59. The van der Waals surface area contributed by atoms with Gasteiger partial charge in [0, 0.05) is 5.69 Å². The van der Waals surface area contributed by atoms with Crippen molar-refractivity contribution in [3.63, 3.8) is 0 Å². The van der Waals surface area contributed by atoms with Crippen molar-refractivity contribution in [1.82, 2.24) is 0 Å². The van der Waals surface area contributed by atoms with Crippen molar-refractivity contribution < 1.29 is 9.53 Å².